The molecule has 1 saturated heterocycles. The lowest BCUT2D eigenvalue weighted by molar-refractivity contribution is -0.137. The van der Waals surface area contributed by atoms with Gasteiger partial charge in [-0.1, -0.05) is 26.0 Å². The third-order valence-corrected chi connectivity index (χ3v) is 4.23. The van der Waals surface area contributed by atoms with Crippen LogP contribution in [0.15, 0.2) is 24.3 Å². The molecule has 1 amide bonds. The van der Waals surface area contributed by atoms with Gasteiger partial charge in [0.15, 0.2) is 0 Å². The second-order valence-electron chi connectivity index (χ2n) is 6.42. The summed E-state index contributed by atoms with van der Waals surface area (Å²) in [6, 6.07) is 7.99. The van der Waals surface area contributed by atoms with Gasteiger partial charge in [0.2, 0.25) is 5.91 Å². The van der Waals surface area contributed by atoms with Crippen LogP contribution >= 0.6 is 0 Å². The Morgan fingerprint density at radius 2 is 2.00 bits per heavy atom. The number of hydrogen-bond acceptors (Lipinski definition) is 3. The molecule has 122 valence electrons. The first kappa shape index (κ1) is 16.8. The first-order valence-corrected chi connectivity index (χ1v) is 8.30. The number of benzene rings is 1. The van der Waals surface area contributed by atoms with Crippen LogP contribution in [-0.4, -0.2) is 30.0 Å². The Hall–Kier alpha value is -1.55. The zero-order valence-electron chi connectivity index (χ0n) is 13.9. The van der Waals surface area contributed by atoms with Crippen molar-refractivity contribution in [1.82, 2.24) is 4.90 Å². The number of carbonyl (C=O) groups is 1. The highest BCUT2D eigenvalue weighted by atomic mass is 16.5. The number of ether oxygens (including phenoxy) is 1. The third-order valence-electron chi connectivity index (χ3n) is 4.23. The summed E-state index contributed by atoms with van der Waals surface area (Å²) in [5, 5.41) is 0. The zero-order valence-corrected chi connectivity index (χ0v) is 13.9. The lowest BCUT2D eigenvalue weighted by Gasteiger charge is -2.40. The molecule has 1 aliphatic heterocycles. The van der Waals surface area contributed by atoms with Crippen LogP contribution in [0, 0.1) is 5.92 Å². The van der Waals surface area contributed by atoms with E-state index in [9.17, 15) is 4.79 Å². The van der Waals surface area contributed by atoms with Crippen LogP contribution in [0.1, 0.15) is 51.6 Å². The molecule has 1 fully saturated rings. The minimum Gasteiger partial charge on any atom is -0.494 e. The predicted molar refractivity (Wildman–Crippen MR) is 88.7 cm³/mol. The molecule has 4 heteroatoms. The van der Waals surface area contributed by atoms with Crippen molar-refractivity contribution in [2.75, 3.05) is 13.2 Å². The number of hydrogen-bond donors (Lipinski definition) is 1. The van der Waals surface area contributed by atoms with Crippen molar-refractivity contribution in [2.45, 2.75) is 52.1 Å². The molecule has 1 aromatic rings. The molecule has 1 aromatic carbocycles. The van der Waals surface area contributed by atoms with E-state index in [1.807, 2.05) is 36.1 Å². The fourth-order valence-corrected chi connectivity index (χ4v) is 2.99. The van der Waals surface area contributed by atoms with Gasteiger partial charge >= 0.3 is 0 Å². The zero-order chi connectivity index (χ0) is 16.1. The molecule has 4 nitrogen and oxygen atoms in total. The Labute approximate surface area is 133 Å². The molecule has 2 atom stereocenters. The van der Waals surface area contributed by atoms with Gasteiger partial charge in [-0.3, -0.25) is 4.79 Å². The van der Waals surface area contributed by atoms with Gasteiger partial charge < -0.3 is 15.4 Å². The summed E-state index contributed by atoms with van der Waals surface area (Å²) in [6.45, 7) is 7.77. The van der Waals surface area contributed by atoms with E-state index in [1.54, 1.807) is 0 Å². The Bertz CT molecular complexity index is 484. The predicted octanol–water partition coefficient (Wildman–Crippen LogP) is 3.12. The van der Waals surface area contributed by atoms with E-state index in [0.29, 0.717) is 18.9 Å². The molecule has 2 N–H and O–H groups in total. The van der Waals surface area contributed by atoms with Gasteiger partial charge in [-0.2, -0.15) is 0 Å². The van der Waals surface area contributed by atoms with Gasteiger partial charge in [-0.05, 0) is 43.4 Å². The Morgan fingerprint density at radius 3 is 2.59 bits per heavy atom. The Balaban J connectivity index is 2.19. The van der Waals surface area contributed by atoms with Crippen molar-refractivity contribution in [3.8, 4) is 5.75 Å². The van der Waals surface area contributed by atoms with Gasteiger partial charge in [0, 0.05) is 19.0 Å². The Morgan fingerprint density at radius 1 is 1.32 bits per heavy atom. The van der Waals surface area contributed by atoms with Gasteiger partial charge in [-0.15, -0.1) is 0 Å². The smallest absolute Gasteiger partial charge is 0.223 e. The number of carbonyl (C=O) groups excluding carboxylic acids is 1. The van der Waals surface area contributed by atoms with Crippen molar-refractivity contribution in [1.29, 1.82) is 0 Å². The normalized spacial score (nSPS) is 22.2. The molecule has 1 heterocycles. The van der Waals surface area contributed by atoms with Crippen LogP contribution in [-0.2, 0) is 4.79 Å². The number of piperidine rings is 1. The Kier molecular flexibility index (Phi) is 5.83. The molecule has 22 heavy (non-hydrogen) atoms. The number of amides is 1. The van der Waals surface area contributed by atoms with E-state index < -0.39 is 0 Å². The number of rotatable bonds is 6. The fraction of sp³-hybridized carbons (Fsp3) is 0.611. The van der Waals surface area contributed by atoms with Crippen molar-refractivity contribution in [3.63, 3.8) is 0 Å². The van der Waals surface area contributed by atoms with E-state index in [1.165, 1.54) is 0 Å². The molecular formula is C18H28N2O2. The average Bonchev–Trinajstić information content (AvgIpc) is 2.49. The van der Waals surface area contributed by atoms with Crippen molar-refractivity contribution in [3.05, 3.63) is 29.8 Å². The van der Waals surface area contributed by atoms with Gasteiger partial charge in [0.25, 0.3) is 0 Å². The first-order valence-electron chi connectivity index (χ1n) is 8.30. The van der Waals surface area contributed by atoms with E-state index in [-0.39, 0.29) is 18.0 Å². The maximum absolute atomic E-state index is 12.4. The van der Waals surface area contributed by atoms with E-state index >= 15 is 0 Å². The van der Waals surface area contributed by atoms with Gasteiger partial charge in [0.05, 0.1) is 12.6 Å². The number of likely N-dealkylation sites (tertiary alicyclic amines) is 1. The summed E-state index contributed by atoms with van der Waals surface area (Å²) >= 11 is 0. The summed E-state index contributed by atoms with van der Waals surface area (Å²) in [4.78, 5) is 14.3. The summed E-state index contributed by atoms with van der Waals surface area (Å²) in [5.74, 6) is 1.66. The average molecular weight is 304 g/mol. The van der Waals surface area contributed by atoms with Crippen LogP contribution in [0.5, 0.6) is 5.75 Å². The van der Waals surface area contributed by atoms with E-state index in [2.05, 4.69) is 13.8 Å². The van der Waals surface area contributed by atoms with E-state index in [4.69, 9.17) is 10.5 Å². The number of nitrogens with zero attached hydrogens (tertiary/aromatic N) is 1. The molecule has 1 aliphatic rings. The summed E-state index contributed by atoms with van der Waals surface area (Å²) in [5.41, 5.74) is 7.45. The van der Waals surface area contributed by atoms with Crippen LogP contribution in [0.4, 0.5) is 0 Å². The standard InChI is InChI=1S/C18H28N2O2/c1-4-22-15-7-5-14(6-8-15)18-16(19)9-10-17(21)20(18)12-11-13(2)3/h5-8,13,16,18H,4,9-12,19H2,1-3H3. The maximum atomic E-state index is 12.4. The highest BCUT2D eigenvalue weighted by Crippen LogP contribution is 2.32. The van der Waals surface area contributed by atoms with Gasteiger partial charge in [-0.25, -0.2) is 0 Å². The summed E-state index contributed by atoms with van der Waals surface area (Å²) in [6.07, 6.45) is 2.33. The van der Waals surface area contributed by atoms with Crippen LogP contribution in [0.25, 0.3) is 0 Å². The minimum atomic E-state index is -0.0179. The lowest BCUT2D eigenvalue weighted by atomic mass is 9.90. The molecule has 0 spiro atoms. The minimum absolute atomic E-state index is 0.00260. The maximum Gasteiger partial charge on any atom is 0.223 e. The van der Waals surface area contributed by atoms with Crippen LogP contribution in [0.3, 0.4) is 0 Å². The monoisotopic (exact) mass is 304 g/mol. The van der Waals surface area contributed by atoms with Crippen molar-refractivity contribution < 1.29 is 9.53 Å². The quantitative estimate of drug-likeness (QED) is 0.878. The lowest BCUT2D eigenvalue weighted by Crippen LogP contribution is -2.49. The second kappa shape index (κ2) is 7.63. The highest BCUT2D eigenvalue weighted by Gasteiger charge is 2.34. The molecule has 0 radical (unpaired) electrons. The van der Waals surface area contributed by atoms with Crippen molar-refractivity contribution >= 4 is 5.91 Å². The second-order valence-corrected chi connectivity index (χ2v) is 6.42. The summed E-state index contributed by atoms with van der Waals surface area (Å²) < 4.78 is 5.49. The van der Waals surface area contributed by atoms with Crippen LogP contribution in [0.2, 0.25) is 0 Å². The largest absolute Gasteiger partial charge is 0.494 e. The van der Waals surface area contributed by atoms with Gasteiger partial charge in [0.1, 0.15) is 5.75 Å². The topological polar surface area (TPSA) is 55.6 Å². The fourth-order valence-electron chi connectivity index (χ4n) is 2.99. The first-order chi connectivity index (χ1) is 10.5. The molecule has 0 bridgehead atoms. The van der Waals surface area contributed by atoms with Crippen LogP contribution < -0.4 is 10.5 Å². The van der Waals surface area contributed by atoms with E-state index in [0.717, 1.165) is 30.7 Å². The highest BCUT2D eigenvalue weighted by molar-refractivity contribution is 5.78. The molecule has 0 aromatic heterocycles. The molecule has 2 rings (SSSR count). The van der Waals surface area contributed by atoms with Crippen molar-refractivity contribution in [2.24, 2.45) is 11.7 Å². The SMILES string of the molecule is CCOc1ccc(C2C(N)CCC(=O)N2CCC(C)C)cc1. The molecule has 0 aliphatic carbocycles. The number of nitrogens with two attached hydrogens (primary N) is 1. The molecular weight excluding hydrogens is 276 g/mol. The third kappa shape index (κ3) is 4.01. The summed E-state index contributed by atoms with van der Waals surface area (Å²) in [7, 11) is 0. The molecule has 2 unspecified atom stereocenters. The molecule has 0 saturated carbocycles.